The van der Waals surface area contributed by atoms with Crippen molar-refractivity contribution >= 4 is 50.4 Å². The molecule has 0 radical (unpaired) electrons. The molecule has 0 aliphatic heterocycles. The van der Waals surface area contributed by atoms with Crippen molar-refractivity contribution in [2.24, 2.45) is 0 Å². The molecule has 194 valence electrons. The summed E-state index contributed by atoms with van der Waals surface area (Å²) in [7, 11) is 0. The zero-order valence-electron chi connectivity index (χ0n) is 20.9. The van der Waals surface area contributed by atoms with Crippen LogP contribution in [0.15, 0.2) is 72.8 Å². The van der Waals surface area contributed by atoms with Crippen LogP contribution in [-0.2, 0) is 13.2 Å². The molecule has 0 saturated carbocycles. The Balaban J connectivity index is 1.28. The van der Waals surface area contributed by atoms with Gasteiger partial charge >= 0.3 is 0 Å². The molecule has 0 bridgehead atoms. The van der Waals surface area contributed by atoms with Gasteiger partial charge in [-0.15, -0.1) is 11.3 Å². The van der Waals surface area contributed by atoms with Gasteiger partial charge in [0.15, 0.2) is 11.5 Å². The number of nitrogens with one attached hydrogen (secondary N) is 1. The van der Waals surface area contributed by atoms with Crippen LogP contribution in [0.1, 0.15) is 23.6 Å². The topological polar surface area (TPSA) is 43.4 Å². The number of benzene rings is 4. The van der Waals surface area contributed by atoms with E-state index in [1.807, 2.05) is 31.2 Å². The highest BCUT2D eigenvalue weighted by molar-refractivity contribution is 7.21. The van der Waals surface area contributed by atoms with Gasteiger partial charge in [-0.25, -0.2) is 9.37 Å². The molecule has 4 aromatic carbocycles. The highest BCUT2D eigenvalue weighted by Gasteiger charge is 2.15. The third kappa shape index (κ3) is 5.88. The molecule has 0 spiro atoms. The average molecular weight is 568 g/mol. The van der Waals surface area contributed by atoms with Crippen LogP contribution < -0.4 is 14.8 Å². The summed E-state index contributed by atoms with van der Waals surface area (Å²) in [4.78, 5) is 4.77. The lowest BCUT2D eigenvalue weighted by atomic mass is 10.1. The Morgan fingerprint density at radius 3 is 2.53 bits per heavy atom. The first-order valence-corrected chi connectivity index (χ1v) is 13.7. The Labute approximate surface area is 235 Å². The molecule has 0 aliphatic carbocycles. The van der Waals surface area contributed by atoms with Crippen molar-refractivity contribution < 1.29 is 13.9 Å². The van der Waals surface area contributed by atoms with Crippen LogP contribution in [0.3, 0.4) is 0 Å². The SMILES string of the molecule is CCOc1cc(CNc2ccc(-c3nc4ccc(C)cc4s3)cc2)cc(Cl)c1OCc1c(F)cccc1Cl. The quantitative estimate of drug-likeness (QED) is 0.193. The minimum atomic E-state index is -0.434. The van der Waals surface area contributed by atoms with E-state index in [1.54, 1.807) is 23.5 Å². The molecule has 8 heteroatoms. The number of thiazole rings is 1. The molecule has 4 nitrogen and oxygen atoms in total. The number of nitrogens with zero attached hydrogens (tertiary/aromatic N) is 1. The minimum absolute atomic E-state index is 0.0660. The van der Waals surface area contributed by atoms with E-state index >= 15 is 0 Å². The number of halogens is 3. The summed E-state index contributed by atoms with van der Waals surface area (Å²) in [5.74, 6) is 0.411. The lowest BCUT2D eigenvalue weighted by Crippen LogP contribution is -2.05. The Morgan fingerprint density at radius 2 is 1.76 bits per heavy atom. The molecule has 5 aromatic rings. The fourth-order valence-corrected chi connectivity index (χ4v) is 5.61. The second kappa shape index (κ2) is 11.6. The molecule has 0 unspecified atom stereocenters. The van der Waals surface area contributed by atoms with Crippen molar-refractivity contribution in [2.75, 3.05) is 11.9 Å². The second-order valence-electron chi connectivity index (χ2n) is 8.75. The van der Waals surface area contributed by atoms with Crippen LogP contribution in [0.25, 0.3) is 20.8 Å². The first kappa shape index (κ1) is 26.3. The van der Waals surface area contributed by atoms with Gasteiger partial charge in [0.2, 0.25) is 0 Å². The molecule has 1 heterocycles. The fourth-order valence-electron chi connectivity index (χ4n) is 4.03. The van der Waals surface area contributed by atoms with Crippen LogP contribution in [0.4, 0.5) is 10.1 Å². The number of rotatable bonds is 9. The van der Waals surface area contributed by atoms with Crippen LogP contribution in [0.2, 0.25) is 10.0 Å². The van der Waals surface area contributed by atoms with Gasteiger partial charge in [0, 0.05) is 23.4 Å². The molecule has 0 amide bonds. The van der Waals surface area contributed by atoms with Gasteiger partial charge in [0.05, 0.1) is 26.9 Å². The zero-order chi connectivity index (χ0) is 26.6. The molecule has 0 atom stereocenters. The summed E-state index contributed by atoms with van der Waals surface area (Å²) in [6.45, 7) is 4.86. The van der Waals surface area contributed by atoms with Crippen LogP contribution in [0, 0.1) is 12.7 Å². The van der Waals surface area contributed by atoms with E-state index < -0.39 is 5.82 Å². The monoisotopic (exact) mass is 566 g/mol. The van der Waals surface area contributed by atoms with E-state index in [0.29, 0.717) is 34.7 Å². The van der Waals surface area contributed by atoms with E-state index in [2.05, 4.69) is 42.6 Å². The molecule has 5 rings (SSSR count). The summed E-state index contributed by atoms with van der Waals surface area (Å²) in [6.07, 6.45) is 0. The van der Waals surface area contributed by atoms with Crippen molar-refractivity contribution in [1.82, 2.24) is 4.98 Å². The molecule has 1 aromatic heterocycles. The predicted octanol–water partition coefficient (Wildman–Crippen LogP) is 9.31. The standard InChI is InChI=1S/C30H25Cl2FN2O2S/c1-3-36-27-15-19(14-24(32)29(27)37-17-22-23(31)5-4-6-25(22)33)16-34-21-10-8-20(9-11-21)30-35-26-12-7-18(2)13-28(26)38-30/h4-15,34H,3,16-17H2,1-2H3. The molecule has 1 N–H and O–H groups in total. The number of fused-ring (bicyclic) bond motifs is 1. The normalized spacial score (nSPS) is 11.1. The van der Waals surface area contributed by atoms with Crippen molar-refractivity contribution in [2.45, 2.75) is 27.0 Å². The predicted molar refractivity (Wildman–Crippen MR) is 155 cm³/mol. The first-order chi connectivity index (χ1) is 18.4. The van der Waals surface area contributed by atoms with E-state index in [-0.39, 0.29) is 12.2 Å². The summed E-state index contributed by atoms with van der Waals surface area (Å²) in [5, 5.41) is 5.09. The average Bonchev–Trinajstić information content (AvgIpc) is 3.32. The maximum Gasteiger partial charge on any atom is 0.180 e. The summed E-state index contributed by atoms with van der Waals surface area (Å²) >= 11 is 14.4. The summed E-state index contributed by atoms with van der Waals surface area (Å²) in [5.41, 5.74) is 5.48. The van der Waals surface area contributed by atoms with Crippen molar-refractivity contribution in [3.05, 3.63) is 105 Å². The van der Waals surface area contributed by atoms with Crippen LogP contribution in [-0.4, -0.2) is 11.6 Å². The van der Waals surface area contributed by atoms with Crippen molar-refractivity contribution in [3.8, 4) is 22.1 Å². The van der Waals surface area contributed by atoms with Crippen LogP contribution >= 0.6 is 34.5 Å². The molecular weight excluding hydrogens is 542 g/mol. The second-order valence-corrected chi connectivity index (χ2v) is 10.6. The molecule has 0 fully saturated rings. The number of ether oxygens (including phenoxy) is 2. The molecule has 0 saturated heterocycles. The highest BCUT2D eigenvalue weighted by atomic mass is 35.5. The maximum absolute atomic E-state index is 14.2. The van der Waals surface area contributed by atoms with Gasteiger partial charge in [0.25, 0.3) is 0 Å². The fraction of sp³-hybridized carbons (Fsp3) is 0.167. The van der Waals surface area contributed by atoms with Crippen LogP contribution in [0.5, 0.6) is 11.5 Å². The summed E-state index contributed by atoms with van der Waals surface area (Å²) < 4.78 is 27.0. The van der Waals surface area contributed by atoms with Crippen molar-refractivity contribution in [3.63, 3.8) is 0 Å². The molecule has 38 heavy (non-hydrogen) atoms. The van der Waals surface area contributed by atoms with Gasteiger partial charge in [-0.05, 0) is 85.6 Å². The van der Waals surface area contributed by atoms with Gasteiger partial charge < -0.3 is 14.8 Å². The van der Waals surface area contributed by atoms with Gasteiger partial charge in [-0.2, -0.15) is 0 Å². The lowest BCUT2D eigenvalue weighted by molar-refractivity contribution is 0.266. The van der Waals surface area contributed by atoms with E-state index in [0.717, 1.165) is 27.3 Å². The number of hydrogen-bond donors (Lipinski definition) is 1. The lowest BCUT2D eigenvalue weighted by Gasteiger charge is -2.16. The number of aryl methyl sites for hydroxylation is 1. The minimum Gasteiger partial charge on any atom is -0.490 e. The Hall–Kier alpha value is -3.32. The number of aromatic nitrogens is 1. The van der Waals surface area contributed by atoms with E-state index in [9.17, 15) is 4.39 Å². The Morgan fingerprint density at radius 1 is 0.947 bits per heavy atom. The highest BCUT2D eigenvalue weighted by Crippen LogP contribution is 2.38. The maximum atomic E-state index is 14.2. The Kier molecular flexibility index (Phi) is 8.03. The Bertz CT molecular complexity index is 1570. The largest absolute Gasteiger partial charge is 0.490 e. The first-order valence-electron chi connectivity index (χ1n) is 12.1. The van der Waals surface area contributed by atoms with E-state index in [1.165, 1.54) is 16.3 Å². The van der Waals surface area contributed by atoms with Crippen molar-refractivity contribution in [1.29, 1.82) is 0 Å². The molecule has 0 aliphatic rings. The molecular formula is C30H25Cl2FN2O2S. The third-order valence-electron chi connectivity index (χ3n) is 5.96. The number of anilines is 1. The van der Waals surface area contributed by atoms with E-state index in [4.69, 9.17) is 37.7 Å². The smallest absolute Gasteiger partial charge is 0.180 e. The van der Waals surface area contributed by atoms with Gasteiger partial charge in [0.1, 0.15) is 17.4 Å². The zero-order valence-corrected chi connectivity index (χ0v) is 23.2. The van der Waals surface area contributed by atoms with Gasteiger partial charge in [-0.1, -0.05) is 35.3 Å². The number of hydrogen-bond acceptors (Lipinski definition) is 5. The summed E-state index contributed by atoms with van der Waals surface area (Å²) in [6, 6.07) is 22.7. The van der Waals surface area contributed by atoms with Gasteiger partial charge in [-0.3, -0.25) is 0 Å². The third-order valence-corrected chi connectivity index (χ3v) is 7.67.